The van der Waals surface area contributed by atoms with Gasteiger partial charge in [0.1, 0.15) is 5.76 Å². The number of hydrogen-bond donors (Lipinski definition) is 1. The van der Waals surface area contributed by atoms with Crippen molar-refractivity contribution in [2.45, 2.75) is 52.6 Å². The lowest BCUT2D eigenvalue weighted by molar-refractivity contribution is -0.122. The molecule has 0 saturated heterocycles. The number of carbonyl (C=O) groups excluding carboxylic acids is 1. The molecule has 3 aromatic rings. The topological polar surface area (TPSA) is 90.0 Å². The van der Waals surface area contributed by atoms with Crippen LogP contribution in [0.25, 0.3) is 10.9 Å². The summed E-state index contributed by atoms with van der Waals surface area (Å²) in [6.07, 6.45) is 1.95. The molecular weight excluding hydrogens is 344 g/mol. The maximum Gasteiger partial charge on any atom is 0.296 e. The summed E-state index contributed by atoms with van der Waals surface area (Å²) in [4.78, 5) is 24.6. The Morgan fingerprint density at radius 2 is 2.00 bits per heavy atom. The van der Waals surface area contributed by atoms with E-state index < -0.39 is 0 Å². The van der Waals surface area contributed by atoms with Gasteiger partial charge in [0, 0.05) is 12.5 Å². The van der Waals surface area contributed by atoms with Crippen LogP contribution in [-0.4, -0.2) is 26.9 Å². The molecule has 7 heteroatoms. The maximum atomic E-state index is 12.4. The summed E-state index contributed by atoms with van der Waals surface area (Å²) in [7, 11) is 0. The molecule has 142 valence electrons. The molecule has 0 aliphatic rings. The molecule has 1 amide bonds. The number of carbonyl (C=O) groups is 1. The molecule has 1 aromatic carbocycles. The van der Waals surface area contributed by atoms with Crippen LogP contribution >= 0.6 is 0 Å². The minimum Gasteiger partial charge on any atom is -0.360 e. The van der Waals surface area contributed by atoms with E-state index in [0.717, 1.165) is 12.8 Å². The first-order valence-electron chi connectivity index (χ1n) is 9.12. The van der Waals surface area contributed by atoms with Crippen molar-refractivity contribution in [3.63, 3.8) is 0 Å². The molecular formula is C20H24N4O3. The fourth-order valence-electron chi connectivity index (χ4n) is 3.15. The van der Waals surface area contributed by atoms with Crippen LogP contribution in [0.1, 0.15) is 36.8 Å². The fraction of sp³-hybridized carbons (Fsp3) is 0.400. The van der Waals surface area contributed by atoms with Crippen molar-refractivity contribution >= 4 is 16.8 Å². The van der Waals surface area contributed by atoms with Gasteiger partial charge in [-0.3, -0.25) is 9.59 Å². The predicted octanol–water partition coefficient (Wildman–Crippen LogP) is 2.53. The van der Waals surface area contributed by atoms with Crippen LogP contribution in [0.5, 0.6) is 0 Å². The molecule has 0 fully saturated rings. The van der Waals surface area contributed by atoms with Gasteiger partial charge in [0.15, 0.2) is 5.52 Å². The average Bonchev–Trinajstić information content (AvgIpc) is 3.05. The van der Waals surface area contributed by atoms with Crippen molar-refractivity contribution in [3.05, 3.63) is 57.7 Å². The van der Waals surface area contributed by atoms with E-state index in [9.17, 15) is 9.59 Å². The highest BCUT2D eigenvalue weighted by Gasteiger charge is 2.16. The summed E-state index contributed by atoms with van der Waals surface area (Å²) < 4.78 is 6.38. The van der Waals surface area contributed by atoms with Gasteiger partial charge in [-0.25, -0.2) is 4.68 Å². The minimum atomic E-state index is -0.336. The zero-order valence-corrected chi connectivity index (χ0v) is 15.9. The average molecular weight is 368 g/mol. The number of aromatic nitrogens is 3. The van der Waals surface area contributed by atoms with Crippen LogP contribution in [0.2, 0.25) is 0 Å². The standard InChI is InChI=1S/C20H24N4O3/c1-13(9-10-16-7-5-4-6-8-16)21-17(25)11-12-24-20(26)19-18(14(2)22-24)15(3)27-23-19/h4-8,13H,9-12H2,1-3H3,(H,21,25)/t13-/m0/s1. The third-order valence-corrected chi connectivity index (χ3v) is 4.60. The third kappa shape index (κ3) is 4.42. The molecule has 2 aromatic heterocycles. The van der Waals surface area contributed by atoms with Crippen molar-refractivity contribution in [2.75, 3.05) is 0 Å². The van der Waals surface area contributed by atoms with Crippen LogP contribution in [0.3, 0.4) is 0 Å². The van der Waals surface area contributed by atoms with Gasteiger partial charge < -0.3 is 9.84 Å². The second-order valence-corrected chi connectivity index (χ2v) is 6.82. The van der Waals surface area contributed by atoms with E-state index in [0.29, 0.717) is 16.8 Å². The molecule has 0 radical (unpaired) electrons. The van der Waals surface area contributed by atoms with E-state index in [1.54, 1.807) is 13.8 Å². The zero-order chi connectivity index (χ0) is 19.4. The van der Waals surface area contributed by atoms with Gasteiger partial charge in [-0.2, -0.15) is 5.10 Å². The Morgan fingerprint density at radius 3 is 2.74 bits per heavy atom. The second-order valence-electron chi connectivity index (χ2n) is 6.82. The molecule has 0 spiro atoms. The number of hydrogen-bond acceptors (Lipinski definition) is 5. The number of amides is 1. The smallest absolute Gasteiger partial charge is 0.296 e. The summed E-state index contributed by atoms with van der Waals surface area (Å²) in [6.45, 7) is 5.74. The highest BCUT2D eigenvalue weighted by molar-refractivity contribution is 5.81. The highest BCUT2D eigenvalue weighted by Crippen LogP contribution is 2.16. The summed E-state index contributed by atoms with van der Waals surface area (Å²) in [6, 6.07) is 10.2. The lowest BCUT2D eigenvalue weighted by Gasteiger charge is -2.14. The summed E-state index contributed by atoms with van der Waals surface area (Å²) >= 11 is 0. The minimum absolute atomic E-state index is 0.0600. The van der Waals surface area contributed by atoms with Crippen LogP contribution < -0.4 is 10.9 Å². The van der Waals surface area contributed by atoms with Gasteiger partial charge in [0.05, 0.1) is 17.6 Å². The van der Waals surface area contributed by atoms with E-state index in [1.807, 2.05) is 25.1 Å². The monoisotopic (exact) mass is 368 g/mol. The number of nitrogens with zero attached hydrogens (tertiary/aromatic N) is 3. The van der Waals surface area contributed by atoms with Gasteiger partial charge in [-0.1, -0.05) is 35.5 Å². The van der Waals surface area contributed by atoms with E-state index in [-0.39, 0.29) is 36.0 Å². The number of nitrogens with one attached hydrogen (secondary N) is 1. The number of aryl methyl sites for hydroxylation is 4. The van der Waals surface area contributed by atoms with Crippen molar-refractivity contribution in [1.29, 1.82) is 0 Å². The Hall–Kier alpha value is -2.96. The maximum absolute atomic E-state index is 12.4. The third-order valence-electron chi connectivity index (χ3n) is 4.60. The molecule has 0 bridgehead atoms. The highest BCUT2D eigenvalue weighted by atomic mass is 16.5. The van der Waals surface area contributed by atoms with Gasteiger partial charge in [0.25, 0.3) is 5.56 Å². The lowest BCUT2D eigenvalue weighted by atomic mass is 10.1. The van der Waals surface area contributed by atoms with Crippen molar-refractivity contribution in [2.24, 2.45) is 0 Å². The fourth-order valence-corrected chi connectivity index (χ4v) is 3.15. The lowest BCUT2D eigenvalue weighted by Crippen LogP contribution is -2.34. The largest absolute Gasteiger partial charge is 0.360 e. The molecule has 7 nitrogen and oxygen atoms in total. The number of fused-ring (bicyclic) bond motifs is 1. The Balaban J connectivity index is 1.55. The van der Waals surface area contributed by atoms with Crippen LogP contribution in [-0.2, 0) is 17.8 Å². The predicted molar refractivity (Wildman–Crippen MR) is 103 cm³/mol. The first kappa shape index (κ1) is 18.8. The van der Waals surface area contributed by atoms with E-state index in [1.165, 1.54) is 10.2 Å². The molecule has 0 saturated carbocycles. The van der Waals surface area contributed by atoms with Gasteiger partial charge >= 0.3 is 0 Å². The Kier molecular flexibility index (Phi) is 5.69. The normalized spacial score (nSPS) is 12.3. The van der Waals surface area contributed by atoms with Crippen molar-refractivity contribution in [3.8, 4) is 0 Å². The van der Waals surface area contributed by atoms with E-state index >= 15 is 0 Å². The molecule has 0 aliphatic carbocycles. The molecule has 2 heterocycles. The molecule has 27 heavy (non-hydrogen) atoms. The number of benzene rings is 1. The quantitative estimate of drug-likeness (QED) is 0.692. The van der Waals surface area contributed by atoms with Gasteiger partial charge in [-0.05, 0) is 39.2 Å². The molecule has 1 atom stereocenters. The van der Waals surface area contributed by atoms with Crippen LogP contribution in [0, 0.1) is 13.8 Å². The van der Waals surface area contributed by atoms with Crippen LogP contribution in [0.4, 0.5) is 0 Å². The summed E-state index contributed by atoms with van der Waals surface area (Å²) in [5, 5.41) is 11.7. The van der Waals surface area contributed by atoms with Gasteiger partial charge in [-0.15, -0.1) is 0 Å². The van der Waals surface area contributed by atoms with Crippen molar-refractivity contribution in [1.82, 2.24) is 20.3 Å². The SMILES string of the molecule is Cc1nn(CCC(=O)N[C@@H](C)CCc2ccccc2)c(=O)c2noc(C)c12. The Labute approximate surface area is 157 Å². The second kappa shape index (κ2) is 8.16. The van der Waals surface area contributed by atoms with Crippen LogP contribution in [0.15, 0.2) is 39.6 Å². The first-order chi connectivity index (χ1) is 13.0. The molecule has 3 rings (SSSR count). The van der Waals surface area contributed by atoms with Crippen molar-refractivity contribution < 1.29 is 9.32 Å². The molecule has 1 N–H and O–H groups in total. The van der Waals surface area contributed by atoms with E-state index in [4.69, 9.17) is 4.52 Å². The summed E-state index contributed by atoms with van der Waals surface area (Å²) in [5.74, 6) is 0.475. The summed E-state index contributed by atoms with van der Waals surface area (Å²) in [5.41, 5.74) is 1.84. The molecule has 0 unspecified atom stereocenters. The zero-order valence-electron chi connectivity index (χ0n) is 15.9. The Bertz CT molecular complexity index is 992. The number of rotatable bonds is 7. The Morgan fingerprint density at radius 1 is 1.26 bits per heavy atom. The van der Waals surface area contributed by atoms with Gasteiger partial charge in [0.2, 0.25) is 5.91 Å². The first-order valence-corrected chi connectivity index (χ1v) is 9.12. The molecule has 0 aliphatic heterocycles. The van der Waals surface area contributed by atoms with E-state index in [2.05, 4.69) is 27.7 Å².